The van der Waals surface area contributed by atoms with E-state index >= 15 is 0 Å². The topological polar surface area (TPSA) is 92.9 Å². The third-order valence-corrected chi connectivity index (χ3v) is 3.42. The zero-order valence-corrected chi connectivity index (χ0v) is 11.8. The van der Waals surface area contributed by atoms with E-state index in [1.165, 1.54) is 0 Å². The molecular weight excluding hydrogens is 272 g/mol. The Morgan fingerprint density at radius 1 is 1.48 bits per heavy atom. The van der Waals surface area contributed by atoms with Crippen molar-refractivity contribution in [2.45, 2.75) is 19.1 Å². The number of rotatable bonds is 6. The molecule has 21 heavy (non-hydrogen) atoms. The fourth-order valence-corrected chi connectivity index (χ4v) is 2.25. The van der Waals surface area contributed by atoms with Crippen LogP contribution in [0.1, 0.15) is 12.0 Å². The van der Waals surface area contributed by atoms with Gasteiger partial charge in [-0.15, -0.1) is 0 Å². The van der Waals surface area contributed by atoms with Crippen LogP contribution in [0.3, 0.4) is 0 Å². The van der Waals surface area contributed by atoms with Gasteiger partial charge in [-0.3, -0.25) is 9.59 Å². The molecule has 6 heteroatoms. The van der Waals surface area contributed by atoms with Gasteiger partial charge in [0.15, 0.2) is 0 Å². The summed E-state index contributed by atoms with van der Waals surface area (Å²) in [6, 6.07) is 7.47. The lowest BCUT2D eigenvalue weighted by Crippen LogP contribution is -2.31. The molecule has 0 bridgehead atoms. The monoisotopic (exact) mass is 290 g/mol. The number of nitrogens with zero attached hydrogens (tertiary/aromatic N) is 1. The van der Waals surface area contributed by atoms with Crippen LogP contribution in [-0.2, 0) is 16.1 Å². The predicted octanol–water partition coefficient (Wildman–Crippen LogP) is 0.200. The maximum Gasteiger partial charge on any atom is 0.250 e. The SMILES string of the molecule is COc1ccccc1CN1CC=C(CC(O)C(N)=O)C1=O. The van der Waals surface area contributed by atoms with Crippen molar-refractivity contribution in [3.8, 4) is 5.75 Å². The number of primary amides is 1. The number of benzene rings is 1. The van der Waals surface area contributed by atoms with Crippen molar-refractivity contribution in [2.24, 2.45) is 5.73 Å². The Labute approximate surface area is 122 Å². The molecule has 1 atom stereocenters. The average molecular weight is 290 g/mol. The fourth-order valence-electron chi connectivity index (χ4n) is 2.25. The number of carbonyl (C=O) groups is 2. The van der Waals surface area contributed by atoms with Crippen molar-refractivity contribution >= 4 is 11.8 Å². The average Bonchev–Trinajstić information content (AvgIpc) is 2.80. The van der Waals surface area contributed by atoms with Crippen LogP contribution in [0, 0.1) is 0 Å². The molecule has 1 aromatic carbocycles. The predicted molar refractivity (Wildman–Crippen MR) is 76.3 cm³/mol. The lowest BCUT2D eigenvalue weighted by molar-refractivity contribution is -0.127. The summed E-state index contributed by atoms with van der Waals surface area (Å²) in [7, 11) is 1.58. The largest absolute Gasteiger partial charge is 0.496 e. The molecule has 0 saturated heterocycles. The molecule has 2 rings (SSSR count). The van der Waals surface area contributed by atoms with Crippen molar-refractivity contribution in [1.29, 1.82) is 0 Å². The van der Waals surface area contributed by atoms with Gasteiger partial charge in [-0.1, -0.05) is 24.3 Å². The van der Waals surface area contributed by atoms with Gasteiger partial charge in [0, 0.05) is 30.6 Å². The number of aliphatic hydroxyl groups is 1. The second kappa shape index (κ2) is 6.41. The Kier molecular flexibility index (Phi) is 4.59. The minimum absolute atomic E-state index is 0.0450. The number of hydrogen-bond donors (Lipinski definition) is 2. The summed E-state index contributed by atoms with van der Waals surface area (Å²) in [6.07, 6.45) is 0.340. The Morgan fingerprint density at radius 3 is 2.86 bits per heavy atom. The molecule has 0 radical (unpaired) electrons. The van der Waals surface area contributed by atoms with Crippen molar-refractivity contribution < 1.29 is 19.4 Å². The molecule has 2 amide bonds. The van der Waals surface area contributed by atoms with E-state index in [0.717, 1.165) is 11.3 Å². The second-order valence-electron chi connectivity index (χ2n) is 4.85. The van der Waals surface area contributed by atoms with E-state index in [0.29, 0.717) is 18.7 Å². The highest BCUT2D eigenvalue weighted by molar-refractivity contribution is 5.96. The maximum atomic E-state index is 12.2. The van der Waals surface area contributed by atoms with Gasteiger partial charge < -0.3 is 20.5 Å². The molecule has 0 aliphatic carbocycles. The first kappa shape index (κ1) is 15.1. The Hall–Kier alpha value is -2.34. The molecule has 0 fully saturated rings. The van der Waals surface area contributed by atoms with Crippen molar-refractivity contribution in [3.05, 3.63) is 41.5 Å². The van der Waals surface area contributed by atoms with E-state index in [2.05, 4.69) is 0 Å². The third kappa shape index (κ3) is 3.41. The summed E-state index contributed by atoms with van der Waals surface area (Å²) < 4.78 is 5.26. The minimum atomic E-state index is -1.33. The van der Waals surface area contributed by atoms with Gasteiger partial charge in [-0.25, -0.2) is 0 Å². The molecule has 1 heterocycles. The number of para-hydroxylation sites is 1. The molecule has 3 N–H and O–H groups in total. The van der Waals surface area contributed by atoms with E-state index in [-0.39, 0.29) is 12.3 Å². The lowest BCUT2D eigenvalue weighted by atomic mass is 10.1. The smallest absolute Gasteiger partial charge is 0.250 e. The van der Waals surface area contributed by atoms with Gasteiger partial charge in [-0.2, -0.15) is 0 Å². The normalized spacial score (nSPS) is 15.8. The molecule has 112 valence electrons. The van der Waals surface area contributed by atoms with Gasteiger partial charge in [0.1, 0.15) is 11.9 Å². The Bertz CT molecular complexity index is 583. The number of nitrogens with two attached hydrogens (primary N) is 1. The molecule has 1 aliphatic heterocycles. The first-order chi connectivity index (χ1) is 10.0. The zero-order valence-electron chi connectivity index (χ0n) is 11.8. The van der Waals surface area contributed by atoms with Crippen LogP contribution < -0.4 is 10.5 Å². The Balaban J connectivity index is 2.02. The molecule has 6 nitrogen and oxygen atoms in total. The van der Waals surface area contributed by atoms with Crippen LogP contribution in [0.4, 0.5) is 0 Å². The van der Waals surface area contributed by atoms with Gasteiger partial charge in [0.25, 0.3) is 0 Å². The number of ether oxygens (including phenoxy) is 1. The number of methoxy groups -OCH3 is 1. The number of hydrogen-bond acceptors (Lipinski definition) is 4. The Morgan fingerprint density at radius 2 is 2.19 bits per heavy atom. The van der Waals surface area contributed by atoms with Gasteiger partial charge in [0.05, 0.1) is 7.11 Å². The molecule has 1 aliphatic rings. The summed E-state index contributed by atoms with van der Waals surface area (Å²) in [5.74, 6) is -0.302. The zero-order chi connectivity index (χ0) is 15.4. The number of aliphatic hydroxyl groups excluding tert-OH is 1. The molecule has 1 aromatic rings. The summed E-state index contributed by atoms with van der Waals surface area (Å²) in [5.41, 5.74) is 6.31. The number of amides is 2. The minimum Gasteiger partial charge on any atom is -0.496 e. The van der Waals surface area contributed by atoms with E-state index in [4.69, 9.17) is 10.5 Å². The van der Waals surface area contributed by atoms with E-state index in [1.807, 2.05) is 24.3 Å². The van der Waals surface area contributed by atoms with Crippen molar-refractivity contribution in [2.75, 3.05) is 13.7 Å². The quantitative estimate of drug-likeness (QED) is 0.782. The molecular formula is C15H18N2O4. The van der Waals surface area contributed by atoms with Crippen molar-refractivity contribution in [1.82, 2.24) is 4.90 Å². The highest BCUT2D eigenvalue weighted by Gasteiger charge is 2.27. The highest BCUT2D eigenvalue weighted by Crippen LogP contribution is 2.23. The van der Waals surface area contributed by atoms with Crippen LogP contribution in [0.25, 0.3) is 0 Å². The summed E-state index contributed by atoms with van der Waals surface area (Å²) >= 11 is 0. The van der Waals surface area contributed by atoms with E-state index in [1.54, 1.807) is 18.1 Å². The van der Waals surface area contributed by atoms with Crippen LogP contribution in [0.2, 0.25) is 0 Å². The third-order valence-electron chi connectivity index (χ3n) is 3.42. The van der Waals surface area contributed by atoms with Gasteiger partial charge >= 0.3 is 0 Å². The molecule has 0 spiro atoms. The van der Waals surface area contributed by atoms with E-state index in [9.17, 15) is 14.7 Å². The fraction of sp³-hybridized carbons (Fsp3) is 0.333. The molecule has 1 unspecified atom stereocenters. The van der Waals surface area contributed by atoms with Crippen LogP contribution in [-0.4, -0.2) is 41.6 Å². The summed E-state index contributed by atoms with van der Waals surface area (Å²) in [4.78, 5) is 24.7. The summed E-state index contributed by atoms with van der Waals surface area (Å²) in [6.45, 7) is 0.854. The summed E-state index contributed by atoms with van der Waals surface area (Å²) in [5, 5.41) is 9.46. The number of carbonyl (C=O) groups excluding carboxylic acids is 2. The van der Waals surface area contributed by atoms with Crippen LogP contribution in [0.5, 0.6) is 5.75 Å². The second-order valence-corrected chi connectivity index (χ2v) is 4.85. The molecule has 0 aromatic heterocycles. The van der Waals surface area contributed by atoms with Crippen LogP contribution in [0.15, 0.2) is 35.9 Å². The van der Waals surface area contributed by atoms with Gasteiger partial charge in [0.2, 0.25) is 11.8 Å². The van der Waals surface area contributed by atoms with Crippen LogP contribution >= 0.6 is 0 Å². The first-order valence-corrected chi connectivity index (χ1v) is 6.60. The van der Waals surface area contributed by atoms with Crippen molar-refractivity contribution in [3.63, 3.8) is 0 Å². The maximum absolute atomic E-state index is 12.2. The van der Waals surface area contributed by atoms with E-state index < -0.39 is 12.0 Å². The lowest BCUT2D eigenvalue weighted by Gasteiger charge is -2.18. The van der Waals surface area contributed by atoms with Gasteiger partial charge in [-0.05, 0) is 6.07 Å². The highest BCUT2D eigenvalue weighted by atomic mass is 16.5. The standard InChI is InChI=1S/C15H18N2O4/c1-21-13-5-3-2-4-11(13)9-17-7-6-10(15(17)20)8-12(18)14(16)19/h2-6,12,18H,7-9H2,1H3,(H2,16,19). The first-order valence-electron chi connectivity index (χ1n) is 6.60. The molecule has 0 saturated carbocycles.